The third kappa shape index (κ3) is 5.20. The van der Waals surface area contributed by atoms with Gasteiger partial charge in [-0.2, -0.15) is 5.10 Å². The highest BCUT2D eigenvalue weighted by atomic mass is 32.2. The minimum atomic E-state index is -3.40. The summed E-state index contributed by atoms with van der Waals surface area (Å²) < 4.78 is 41.9. The van der Waals surface area contributed by atoms with Crippen LogP contribution in [0.4, 0.5) is 4.39 Å². The van der Waals surface area contributed by atoms with Gasteiger partial charge in [-0.25, -0.2) is 22.2 Å². The number of rotatable bonds is 6. The van der Waals surface area contributed by atoms with Crippen LogP contribution in [0.25, 0.3) is 5.69 Å². The van der Waals surface area contributed by atoms with Crippen molar-refractivity contribution in [2.45, 2.75) is 69.7 Å². The van der Waals surface area contributed by atoms with Gasteiger partial charge in [0.2, 0.25) is 10.0 Å². The number of hydrogen-bond acceptors (Lipinski definition) is 4. The zero-order valence-electron chi connectivity index (χ0n) is 18.5. The molecule has 2 aliphatic rings. The second-order valence-electron chi connectivity index (χ2n) is 9.12. The van der Waals surface area contributed by atoms with Gasteiger partial charge in [0.05, 0.1) is 17.5 Å². The lowest BCUT2D eigenvalue weighted by Crippen LogP contribution is -2.56. The van der Waals surface area contributed by atoms with E-state index in [-0.39, 0.29) is 18.3 Å². The Labute approximate surface area is 188 Å². The predicted octanol–water partition coefficient (Wildman–Crippen LogP) is 3.26. The standard InChI is InChI=1S/C23H31FN4O3S/c1-32(30,31)27-23(14-6-3-7-15-23)16-25-22(29)21-19-8-4-2-5-9-20(19)28(26-21)18-12-10-17(24)11-13-18/h10-13,27H,2-9,14-16H2,1H3,(H,25,29). The van der Waals surface area contributed by atoms with Crippen molar-refractivity contribution in [2.75, 3.05) is 12.8 Å². The first-order chi connectivity index (χ1) is 15.3. The zero-order chi connectivity index (χ0) is 22.8. The van der Waals surface area contributed by atoms with Crippen LogP contribution in [0.15, 0.2) is 24.3 Å². The van der Waals surface area contributed by atoms with Crippen LogP contribution >= 0.6 is 0 Å². The van der Waals surface area contributed by atoms with Gasteiger partial charge in [-0.3, -0.25) is 4.79 Å². The third-order valence-electron chi connectivity index (χ3n) is 6.52. The van der Waals surface area contributed by atoms with E-state index in [0.29, 0.717) is 18.5 Å². The van der Waals surface area contributed by atoms with Crippen molar-refractivity contribution in [2.24, 2.45) is 0 Å². The van der Waals surface area contributed by atoms with E-state index in [1.54, 1.807) is 16.8 Å². The molecule has 1 aromatic heterocycles. The molecule has 0 unspecified atom stereocenters. The molecule has 2 aliphatic carbocycles. The lowest BCUT2D eigenvalue weighted by Gasteiger charge is -2.37. The summed E-state index contributed by atoms with van der Waals surface area (Å²) in [6.45, 7) is 0.233. The summed E-state index contributed by atoms with van der Waals surface area (Å²) in [5, 5.41) is 7.61. The number of hydrogen-bond donors (Lipinski definition) is 2. The van der Waals surface area contributed by atoms with Gasteiger partial charge in [-0.15, -0.1) is 0 Å². The number of benzene rings is 1. The Balaban J connectivity index is 1.61. The first-order valence-corrected chi connectivity index (χ1v) is 13.3. The molecule has 2 N–H and O–H groups in total. The molecule has 4 rings (SSSR count). The fourth-order valence-corrected chi connectivity index (χ4v) is 6.09. The topological polar surface area (TPSA) is 93.1 Å². The Morgan fingerprint density at radius 3 is 2.41 bits per heavy atom. The number of aromatic nitrogens is 2. The van der Waals surface area contributed by atoms with E-state index in [9.17, 15) is 17.6 Å². The molecule has 0 aliphatic heterocycles. The Hall–Kier alpha value is -2.26. The highest BCUT2D eigenvalue weighted by molar-refractivity contribution is 7.88. The number of sulfonamides is 1. The molecule has 1 aromatic carbocycles. The lowest BCUT2D eigenvalue weighted by atomic mass is 9.82. The fourth-order valence-electron chi connectivity index (χ4n) is 5.02. The van der Waals surface area contributed by atoms with Crippen LogP contribution in [0.3, 0.4) is 0 Å². The molecule has 32 heavy (non-hydrogen) atoms. The van der Waals surface area contributed by atoms with E-state index in [4.69, 9.17) is 0 Å². The average molecular weight is 463 g/mol. The van der Waals surface area contributed by atoms with Crippen LogP contribution in [-0.4, -0.2) is 42.4 Å². The molecule has 174 valence electrons. The van der Waals surface area contributed by atoms with Gasteiger partial charge in [0.15, 0.2) is 5.69 Å². The summed E-state index contributed by atoms with van der Waals surface area (Å²) in [6, 6.07) is 6.12. The summed E-state index contributed by atoms with van der Waals surface area (Å²) in [5.74, 6) is -0.606. The van der Waals surface area contributed by atoms with Crippen LogP contribution in [-0.2, 0) is 22.9 Å². The van der Waals surface area contributed by atoms with Gasteiger partial charge >= 0.3 is 0 Å². The van der Waals surface area contributed by atoms with Gasteiger partial charge in [0.25, 0.3) is 5.91 Å². The Kier molecular flexibility index (Phi) is 6.67. The Morgan fingerprint density at radius 2 is 1.72 bits per heavy atom. The van der Waals surface area contributed by atoms with Crippen molar-refractivity contribution in [3.63, 3.8) is 0 Å². The largest absolute Gasteiger partial charge is 0.349 e. The normalized spacial score (nSPS) is 18.6. The molecule has 0 atom stereocenters. The monoisotopic (exact) mass is 462 g/mol. The van der Waals surface area contributed by atoms with Crippen molar-refractivity contribution < 1.29 is 17.6 Å². The molecule has 7 nitrogen and oxygen atoms in total. The highest BCUT2D eigenvalue weighted by Gasteiger charge is 2.36. The summed E-state index contributed by atoms with van der Waals surface area (Å²) in [7, 11) is -3.40. The zero-order valence-corrected chi connectivity index (χ0v) is 19.3. The summed E-state index contributed by atoms with van der Waals surface area (Å²) in [6.07, 6.45) is 10.1. The van der Waals surface area contributed by atoms with Gasteiger partial charge < -0.3 is 5.32 Å². The minimum absolute atomic E-state index is 0.233. The number of fused-ring (bicyclic) bond motifs is 1. The van der Waals surface area contributed by atoms with E-state index >= 15 is 0 Å². The van der Waals surface area contributed by atoms with Crippen LogP contribution < -0.4 is 10.0 Å². The highest BCUT2D eigenvalue weighted by Crippen LogP contribution is 2.29. The second-order valence-corrected chi connectivity index (χ2v) is 10.9. The molecule has 9 heteroatoms. The van der Waals surface area contributed by atoms with Gasteiger partial charge in [-0.1, -0.05) is 25.7 Å². The fraction of sp³-hybridized carbons (Fsp3) is 0.565. The lowest BCUT2D eigenvalue weighted by molar-refractivity contribution is 0.0927. The van der Waals surface area contributed by atoms with E-state index in [1.165, 1.54) is 12.1 Å². The van der Waals surface area contributed by atoms with Crippen molar-refractivity contribution in [1.82, 2.24) is 19.8 Å². The molecule has 0 spiro atoms. The van der Waals surface area contributed by atoms with E-state index in [2.05, 4.69) is 15.1 Å². The molecule has 2 aromatic rings. The quantitative estimate of drug-likeness (QED) is 0.645. The van der Waals surface area contributed by atoms with Crippen molar-refractivity contribution in [3.05, 3.63) is 47.0 Å². The van der Waals surface area contributed by atoms with Crippen molar-refractivity contribution >= 4 is 15.9 Å². The number of halogens is 1. The predicted molar refractivity (Wildman–Crippen MR) is 121 cm³/mol. The van der Waals surface area contributed by atoms with Crippen molar-refractivity contribution in [1.29, 1.82) is 0 Å². The van der Waals surface area contributed by atoms with Crippen LogP contribution in [0.1, 0.15) is 73.1 Å². The minimum Gasteiger partial charge on any atom is -0.349 e. The molecular formula is C23H31FN4O3S. The maximum absolute atomic E-state index is 13.4. The summed E-state index contributed by atoms with van der Waals surface area (Å²) in [4.78, 5) is 13.3. The molecule has 0 radical (unpaired) electrons. The summed E-state index contributed by atoms with van der Waals surface area (Å²) in [5.41, 5.74) is 2.40. The number of nitrogens with zero attached hydrogens (tertiary/aromatic N) is 2. The van der Waals surface area contributed by atoms with Crippen LogP contribution in [0.5, 0.6) is 0 Å². The van der Waals surface area contributed by atoms with Gasteiger partial charge in [0, 0.05) is 17.8 Å². The number of carbonyl (C=O) groups is 1. The molecular weight excluding hydrogens is 431 g/mol. The molecule has 1 fully saturated rings. The molecule has 1 saturated carbocycles. The molecule has 0 bridgehead atoms. The Morgan fingerprint density at radius 1 is 1.06 bits per heavy atom. The van der Waals surface area contributed by atoms with E-state index in [1.807, 2.05) is 0 Å². The molecule has 0 saturated heterocycles. The number of nitrogens with one attached hydrogen (secondary N) is 2. The van der Waals surface area contributed by atoms with Crippen molar-refractivity contribution in [3.8, 4) is 5.69 Å². The van der Waals surface area contributed by atoms with Gasteiger partial charge in [0.1, 0.15) is 5.82 Å². The van der Waals surface area contributed by atoms with E-state index in [0.717, 1.165) is 74.6 Å². The Bertz CT molecular complexity index is 1070. The SMILES string of the molecule is CS(=O)(=O)NC1(CNC(=O)c2nn(-c3ccc(F)cc3)c3c2CCCCC3)CCCCC1. The summed E-state index contributed by atoms with van der Waals surface area (Å²) >= 11 is 0. The smallest absolute Gasteiger partial charge is 0.272 e. The third-order valence-corrected chi connectivity index (χ3v) is 7.32. The van der Waals surface area contributed by atoms with Crippen LogP contribution in [0.2, 0.25) is 0 Å². The molecule has 1 amide bonds. The maximum Gasteiger partial charge on any atom is 0.272 e. The average Bonchev–Trinajstić information content (AvgIpc) is 2.93. The maximum atomic E-state index is 13.4. The first kappa shape index (κ1) is 22.9. The first-order valence-electron chi connectivity index (χ1n) is 11.4. The number of amides is 1. The molecule has 1 heterocycles. The number of carbonyl (C=O) groups excluding carboxylic acids is 1. The second kappa shape index (κ2) is 9.31. The van der Waals surface area contributed by atoms with Gasteiger partial charge in [-0.05, 0) is 62.8 Å². The van der Waals surface area contributed by atoms with E-state index < -0.39 is 15.6 Å². The van der Waals surface area contributed by atoms with Crippen LogP contribution in [0, 0.1) is 5.82 Å².